The topological polar surface area (TPSA) is 86.3 Å². The molecule has 0 radical (unpaired) electrons. The molecule has 0 aliphatic rings. The van der Waals surface area contributed by atoms with Gasteiger partial charge < -0.3 is 4.74 Å². The average Bonchev–Trinajstić information content (AvgIpc) is 2.95. The van der Waals surface area contributed by atoms with Gasteiger partial charge in [-0.2, -0.15) is 0 Å². The van der Waals surface area contributed by atoms with E-state index in [1.165, 1.54) is 4.57 Å². The van der Waals surface area contributed by atoms with Crippen molar-refractivity contribution in [2.24, 2.45) is 5.84 Å². The second-order valence-electron chi connectivity index (χ2n) is 6.34. The third-order valence-corrected chi connectivity index (χ3v) is 5.09. The van der Waals surface area contributed by atoms with Crippen molar-refractivity contribution in [3.05, 3.63) is 63.8 Å². The van der Waals surface area contributed by atoms with Crippen molar-refractivity contribution in [2.75, 3.05) is 6.61 Å². The fourth-order valence-corrected chi connectivity index (χ4v) is 3.36. The molecule has 0 saturated carbocycles. The summed E-state index contributed by atoms with van der Waals surface area (Å²) in [6, 6.07) is 10.8. The minimum Gasteiger partial charge on any atom is -0.484 e. The molecule has 1 heterocycles. The van der Waals surface area contributed by atoms with Gasteiger partial charge in [0.15, 0.2) is 6.61 Å². The largest absolute Gasteiger partial charge is 0.484 e. The Bertz CT molecular complexity index is 1030. The standard InChI is InChI=1S/C20H20ClN3O3/c1-11-8-14(9-12(2)19(11)21)27-10-17(25)24-13(3)18(20(26)23-22)15-6-4-5-7-16(15)24/h4-9H,10,22H2,1-3H3,(H,23,26). The number of ether oxygens (including phenoxy) is 1. The third-order valence-electron chi connectivity index (χ3n) is 4.49. The monoisotopic (exact) mass is 385 g/mol. The van der Waals surface area contributed by atoms with E-state index >= 15 is 0 Å². The number of hydrogen-bond acceptors (Lipinski definition) is 4. The number of halogens is 1. The van der Waals surface area contributed by atoms with Crippen LogP contribution in [0.15, 0.2) is 36.4 Å². The average molecular weight is 386 g/mol. The van der Waals surface area contributed by atoms with Crippen LogP contribution in [0.5, 0.6) is 5.75 Å². The third kappa shape index (κ3) is 3.41. The molecule has 140 valence electrons. The Morgan fingerprint density at radius 3 is 2.41 bits per heavy atom. The van der Waals surface area contributed by atoms with E-state index in [2.05, 4.69) is 5.43 Å². The summed E-state index contributed by atoms with van der Waals surface area (Å²) in [5.74, 6) is 5.13. The number of hydrogen-bond donors (Lipinski definition) is 2. The number of carbonyl (C=O) groups is 2. The van der Waals surface area contributed by atoms with Crippen molar-refractivity contribution in [2.45, 2.75) is 20.8 Å². The Labute approximate surface area is 161 Å². The molecule has 6 nitrogen and oxygen atoms in total. The second kappa shape index (κ2) is 7.42. The Balaban J connectivity index is 1.95. The van der Waals surface area contributed by atoms with Crippen molar-refractivity contribution in [1.82, 2.24) is 9.99 Å². The van der Waals surface area contributed by atoms with Crippen LogP contribution in [-0.2, 0) is 0 Å². The number of nitrogen functional groups attached to an aromatic ring is 1. The molecule has 0 atom stereocenters. The Hall–Kier alpha value is -2.83. The summed E-state index contributed by atoms with van der Waals surface area (Å²) in [4.78, 5) is 25.0. The van der Waals surface area contributed by atoms with Gasteiger partial charge in [0.1, 0.15) is 5.75 Å². The number of para-hydroxylation sites is 1. The molecule has 2 aromatic carbocycles. The quantitative estimate of drug-likeness (QED) is 0.408. The smallest absolute Gasteiger partial charge is 0.269 e. The molecule has 3 aromatic rings. The van der Waals surface area contributed by atoms with E-state index in [9.17, 15) is 9.59 Å². The summed E-state index contributed by atoms with van der Waals surface area (Å²) in [5.41, 5.74) is 5.41. The van der Waals surface area contributed by atoms with Gasteiger partial charge in [0.25, 0.3) is 11.8 Å². The molecule has 0 unspecified atom stereocenters. The summed E-state index contributed by atoms with van der Waals surface area (Å²) < 4.78 is 7.17. The van der Waals surface area contributed by atoms with E-state index < -0.39 is 5.91 Å². The fraction of sp³-hybridized carbons (Fsp3) is 0.200. The molecule has 0 fully saturated rings. The van der Waals surface area contributed by atoms with Gasteiger partial charge in [0, 0.05) is 16.1 Å². The van der Waals surface area contributed by atoms with Crippen LogP contribution in [-0.4, -0.2) is 23.0 Å². The molecule has 0 spiro atoms. The normalized spacial score (nSPS) is 10.9. The molecule has 3 N–H and O–H groups in total. The first-order valence-corrected chi connectivity index (χ1v) is 8.76. The Kier molecular flexibility index (Phi) is 5.21. The van der Waals surface area contributed by atoms with Crippen LogP contribution in [0.3, 0.4) is 0 Å². The highest BCUT2D eigenvalue weighted by molar-refractivity contribution is 6.32. The molecule has 0 aliphatic carbocycles. The van der Waals surface area contributed by atoms with Crippen LogP contribution in [0, 0.1) is 20.8 Å². The van der Waals surface area contributed by atoms with Gasteiger partial charge in [-0.15, -0.1) is 0 Å². The van der Waals surface area contributed by atoms with Gasteiger partial charge in [0.2, 0.25) is 0 Å². The highest BCUT2D eigenvalue weighted by Crippen LogP contribution is 2.27. The molecule has 0 bridgehead atoms. The fourth-order valence-electron chi connectivity index (χ4n) is 3.25. The molecular weight excluding hydrogens is 366 g/mol. The summed E-state index contributed by atoms with van der Waals surface area (Å²) >= 11 is 6.17. The van der Waals surface area contributed by atoms with Gasteiger partial charge in [-0.3, -0.25) is 19.6 Å². The lowest BCUT2D eigenvalue weighted by Gasteiger charge is -2.11. The minimum absolute atomic E-state index is 0.177. The number of nitrogens with two attached hydrogens (primary N) is 1. The van der Waals surface area contributed by atoms with Crippen LogP contribution in [0.2, 0.25) is 5.02 Å². The number of amides is 1. The predicted molar refractivity (Wildman–Crippen MR) is 105 cm³/mol. The summed E-state index contributed by atoms with van der Waals surface area (Å²) in [6.45, 7) is 5.29. The molecule has 1 amide bonds. The first-order valence-electron chi connectivity index (χ1n) is 8.39. The van der Waals surface area contributed by atoms with Crippen molar-refractivity contribution >= 4 is 34.3 Å². The van der Waals surface area contributed by atoms with E-state index in [0.29, 0.717) is 32.9 Å². The zero-order chi connectivity index (χ0) is 19.7. The number of aryl methyl sites for hydroxylation is 2. The summed E-state index contributed by atoms with van der Waals surface area (Å²) in [7, 11) is 0. The summed E-state index contributed by atoms with van der Waals surface area (Å²) in [5, 5.41) is 1.34. The van der Waals surface area contributed by atoms with Gasteiger partial charge in [-0.1, -0.05) is 29.8 Å². The number of nitrogens with one attached hydrogen (secondary N) is 1. The minimum atomic E-state index is -0.444. The number of nitrogens with zero attached hydrogens (tertiary/aromatic N) is 1. The molecule has 0 aliphatic heterocycles. The maximum absolute atomic E-state index is 12.9. The van der Waals surface area contributed by atoms with Crippen LogP contribution in [0.1, 0.15) is 32.0 Å². The van der Waals surface area contributed by atoms with E-state index in [4.69, 9.17) is 22.2 Å². The predicted octanol–water partition coefficient (Wildman–Crippen LogP) is 3.54. The first kappa shape index (κ1) is 18.9. The second-order valence-corrected chi connectivity index (χ2v) is 6.72. The number of benzene rings is 2. The first-order chi connectivity index (χ1) is 12.8. The van der Waals surface area contributed by atoms with Crippen LogP contribution in [0.25, 0.3) is 10.9 Å². The zero-order valence-corrected chi connectivity index (χ0v) is 16.1. The molecule has 1 aromatic heterocycles. The highest BCUT2D eigenvalue weighted by atomic mass is 35.5. The molecular formula is C20H20ClN3O3. The lowest BCUT2D eigenvalue weighted by atomic mass is 10.1. The number of fused-ring (bicyclic) bond motifs is 1. The zero-order valence-electron chi connectivity index (χ0n) is 15.3. The number of rotatable bonds is 4. The number of hydrazine groups is 1. The van der Waals surface area contributed by atoms with E-state index in [-0.39, 0.29) is 12.5 Å². The maximum atomic E-state index is 12.9. The van der Waals surface area contributed by atoms with Crippen LogP contribution < -0.4 is 16.0 Å². The van der Waals surface area contributed by atoms with Crippen LogP contribution in [0.4, 0.5) is 0 Å². The molecule has 0 saturated heterocycles. The maximum Gasteiger partial charge on any atom is 0.269 e. The van der Waals surface area contributed by atoms with Gasteiger partial charge in [-0.25, -0.2) is 5.84 Å². The Morgan fingerprint density at radius 1 is 1.15 bits per heavy atom. The van der Waals surface area contributed by atoms with E-state index in [1.54, 1.807) is 37.3 Å². The van der Waals surface area contributed by atoms with Crippen molar-refractivity contribution < 1.29 is 14.3 Å². The van der Waals surface area contributed by atoms with Gasteiger partial charge >= 0.3 is 0 Å². The lowest BCUT2D eigenvalue weighted by molar-refractivity contribution is 0.0841. The Morgan fingerprint density at radius 2 is 1.78 bits per heavy atom. The van der Waals surface area contributed by atoms with Gasteiger partial charge in [-0.05, 0) is 50.1 Å². The summed E-state index contributed by atoms with van der Waals surface area (Å²) in [6.07, 6.45) is 0. The van der Waals surface area contributed by atoms with E-state index in [0.717, 1.165) is 11.1 Å². The van der Waals surface area contributed by atoms with E-state index in [1.807, 2.05) is 19.9 Å². The molecule has 3 rings (SSSR count). The van der Waals surface area contributed by atoms with Crippen molar-refractivity contribution in [3.8, 4) is 5.75 Å². The van der Waals surface area contributed by atoms with Crippen molar-refractivity contribution in [3.63, 3.8) is 0 Å². The molecule has 7 heteroatoms. The van der Waals surface area contributed by atoms with Crippen LogP contribution >= 0.6 is 11.6 Å². The lowest BCUT2D eigenvalue weighted by Crippen LogP contribution is -2.30. The number of carbonyl (C=O) groups excluding carboxylic acids is 2. The van der Waals surface area contributed by atoms with Gasteiger partial charge in [0.05, 0.1) is 11.1 Å². The highest BCUT2D eigenvalue weighted by Gasteiger charge is 2.22. The SMILES string of the molecule is Cc1cc(OCC(=O)n2c(C)c(C(=O)NN)c3ccccc32)cc(C)c1Cl. The molecule has 27 heavy (non-hydrogen) atoms. The number of aromatic nitrogens is 1. The van der Waals surface area contributed by atoms with Crippen molar-refractivity contribution in [1.29, 1.82) is 0 Å².